The van der Waals surface area contributed by atoms with Crippen LogP contribution in [0.25, 0.3) is 0 Å². The maximum Gasteiger partial charge on any atom is 0.338 e. The molecule has 0 saturated heterocycles. The molecule has 1 atom stereocenters. The Morgan fingerprint density at radius 3 is 2.68 bits per heavy atom. The van der Waals surface area contributed by atoms with E-state index in [-0.39, 0.29) is 23.6 Å². The fourth-order valence-electron chi connectivity index (χ4n) is 2.93. The molecule has 2 rings (SSSR count). The van der Waals surface area contributed by atoms with Crippen molar-refractivity contribution in [1.82, 2.24) is 0 Å². The van der Waals surface area contributed by atoms with Gasteiger partial charge in [0.2, 0.25) is 5.88 Å². The zero-order chi connectivity index (χ0) is 20.7. The van der Waals surface area contributed by atoms with Crippen LogP contribution < -0.4 is 15.2 Å². The van der Waals surface area contributed by atoms with Crippen LogP contribution in [0.15, 0.2) is 53.6 Å². The van der Waals surface area contributed by atoms with Crippen molar-refractivity contribution < 1.29 is 23.7 Å². The smallest absolute Gasteiger partial charge is 0.338 e. The Hall–Kier alpha value is -3.40. The van der Waals surface area contributed by atoms with Crippen molar-refractivity contribution in [2.45, 2.75) is 26.7 Å². The molecule has 7 nitrogen and oxygen atoms in total. The van der Waals surface area contributed by atoms with Gasteiger partial charge in [0, 0.05) is 0 Å². The number of carbonyl (C=O) groups is 1. The van der Waals surface area contributed by atoms with Crippen LogP contribution in [0.3, 0.4) is 0 Å². The van der Waals surface area contributed by atoms with Crippen LogP contribution in [0.1, 0.15) is 32.3 Å². The van der Waals surface area contributed by atoms with Gasteiger partial charge in [0.1, 0.15) is 24.0 Å². The fourth-order valence-corrected chi connectivity index (χ4v) is 2.93. The average Bonchev–Trinajstić information content (AvgIpc) is 2.66. The molecule has 0 saturated carbocycles. The Morgan fingerprint density at radius 1 is 1.32 bits per heavy atom. The minimum Gasteiger partial charge on any atom is -0.490 e. The third-order valence-electron chi connectivity index (χ3n) is 4.06. The first-order chi connectivity index (χ1) is 13.5. The van der Waals surface area contributed by atoms with Crippen molar-refractivity contribution in [1.29, 1.82) is 5.26 Å². The summed E-state index contributed by atoms with van der Waals surface area (Å²) < 4.78 is 21.9. The van der Waals surface area contributed by atoms with Gasteiger partial charge in [-0.05, 0) is 38.5 Å². The maximum atomic E-state index is 12.6. The highest BCUT2D eigenvalue weighted by molar-refractivity contribution is 5.92. The molecule has 28 heavy (non-hydrogen) atoms. The Morgan fingerprint density at radius 2 is 2.07 bits per heavy atom. The van der Waals surface area contributed by atoms with Gasteiger partial charge < -0.3 is 24.7 Å². The van der Waals surface area contributed by atoms with E-state index in [1.807, 2.05) is 6.92 Å². The van der Waals surface area contributed by atoms with Crippen molar-refractivity contribution >= 4 is 5.97 Å². The van der Waals surface area contributed by atoms with Crippen LogP contribution >= 0.6 is 0 Å². The van der Waals surface area contributed by atoms with Gasteiger partial charge >= 0.3 is 5.97 Å². The average molecular weight is 384 g/mol. The van der Waals surface area contributed by atoms with Gasteiger partial charge in [-0.15, -0.1) is 0 Å². The Kier molecular flexibility index (Phi) is 7.10. The lowest BCUT2D eigenvalue weighted by Crippen LogP contribution is -2.25. The van der Waals surface area contributed by atoms with Crippen molar-refractivity contribution in [2.75, 3.05) is 19.8 Å². The van der Waals surface area contributed by atoms with E-state index in [2.05, 4.69) is 12.6 Å². The maximum absolute atomic E-state index is 12.6. The van der Waals surface area contributed by atoms with Gasteiger partial charge in [-0.3, -0.25) is 0 Å². The lowest BCUT2D eigenvalue weighted by Gasteiger charge is -2.27. The number of allylic oxidation sites excluding steroid dienone is 2. The van der Waals surface area contributed by atoms with Crippen molar-refractivity contribution in [2.24, 2.45) is 5.73 Å². The molecule has 0 bridgehead atoms. The van der Waals surface area contributed by atoms with E-state index >= 15 is 0 Å². The standard InChI is InChI=1S/C21H24N2O5/c1-5-10-27-16-9-8-14(11-17(16)25-6-2)19-15(12-22)20(23)28-13(4)18(19)21(24)26-7-3/h5,8-9,11,19H,1,6-7,10,23H2,2-4H3. The van der Waals surface area contributed by atoms with E-state index in [0.717, 1.165) is 0 Å². The van der Waals surface area contributed by atoms with Crippen LogP contribution in [0.2, 0.25) is 0 Å². The normalized spacial score (nSPS) is 16.1. The molecule has 0 amide bonds. The summed E-state index contributed by atoms with van der Waals surface area (Å²) in [7, 11) is 0. The molecule has 0 radical (unpaired) electrons. The monoisotopic (exact) mass is 384 g/mol. The van der Waals surface area contributed by atoms with E-state index in [9.17, 15) is 10.1 Å². The molecule has 148 valence electrons. The topological polar surface area (TPSA) is 104 Å². The molecular formula is C21H24N2O5. The number of esters is 1. The van der Waals surface area contributed by atoms with E-state index in [4.69, 9.17) is 24.7 Å². The molecule has 0 spiro atoms. The molecule has 0 aliphatic carbocycles. The highest BCUT2D eigenvalue weighted by Crippen LogP contribution is 2.42. The quantitative estimate of drug-likeness (QED) is 0.542. The predicted molar refractivity (Wildman–Crippen MR) is 103 cm³/mol. The second-order valence-electron chi connectivity index (χ2n) is 5.85. The van der Waals surface area contributed by atoms with Crippen LogP contribution in [0, 0.1) is 11.3 Å². The lowest BCUT2D eigenvalue weighted by atomic mass is 9.83. The molecule has 7 heteroatoms. The summed E-state index contributed by atoms with van der Waals surface area (Å²) >= 11 is 0. The summed E-state index contributed by atoms with van der Waals surface area (Å²) in [6.45, 7) is 9.75. The largest absolute Gasteiger partial charge is 0.490 e. The first-order valence-corrected chi connectivity index (χ1v) is 8.94. The van der Waals surface area contributed by atoms with Crippen molar-refractivity contribution in [3.8, 4) is 17.6 Å². The molecule has 0 aromatic heterocycles. The summed E-state index contributed by atoms with van der Waals surface area (Å²) in [6.07, 6.45) is 1.63. The number of rotatable bonds is 8. The number of benzene rings is 1. The van der Waals surface area contributed by atoms with E-state index in [0.29, 0.717) is 36.0 Å². The van der Waals surface area contributed by atoms with Gasteiger partial charge in [-0.2, -0.15) is 5.26 Å². The molecule has 1 aromatic carbocycles. The Balaban J connectivity index is 2.60. The third-order valence-corrected chi connectivity index (χ3v) is 4.06. The SMILES string of the molecule is C=CCOc1ccc(C2C(C#N)=C(N)OC(C)=C2C(=O)OCC)cc1OCC. The summed E-state index contributed by atoms with van der Waals surface area (Å²) in [6, 6.07) is 7.27. The summed E-state index contributed by atoms with van der Waals surface area (Å²) in [5, 5.41) is 9.64. The highest BCUT2D eigenvalue weighted by atomic mass is 16.5. The van der Waals surface area contributed by atoms with Crippen LogP contribution in [-0.4, -0.2) is 25.8 Å². The molecular weight excluding hydrogens is 360 g/mol. The molecule has 1 aromatic rings. The predicted octanol–water partition coefficient (Wildman–Crippen LogP) is 3.29. The van der Waals surface area contributed by atoms with E-state index < -0.39 is 11.9 Å². The first-order valence-electron chi connectivity index (χ1n) is 8.94. The highest BCUT2D eigenvalue weighted by Gasteiger charge is 2.36. The van der Waals surface area contributed by atoms with Gasteiger partial charge in [-0.1, -0.05) is 18.7 Å². The minimum absolute atomic E-state index is 0.0389. The number of hydrogen-bond acceptors (Lipinski definition) is 7. The van der Waals surface area contributed by atoms with E-state index in [1.165, 1.54) is 0 Å². The van der Waals surface area contributed by atoms with Gasteiger partial charge in [0.05, 0.1) is 24.7 Å². The molecule has 1 aliphatic rings. The number of nitrogens with two attached hydrogens (primary N) is 1. The summed E-state index contributed by atoms with van der Waals surface area (Å²) in [5.74, 6) is -0.00925. The Bertz CT molecular complexity index is 864. The Labute approximate surface area is 164 Å². The van der Waals surface area contributed by atoms with Crippen molar-refractivity contribution in [3.05, 3.63) is 59.2 Å². The van der Waals surface area contributed by atoms with Gasteiger partial charge in [-0.25, -0.2) is 4.79 Å². The van der Waals surface area contributed by atoms with Crippen LogP contribution in [-0.2, 0) is 14.3 Å². The van der Waals surface area contributed by atoms with Crippen LogP contribution in [0.4, 0.5) is 0 Å². The second kappa shape index (κ2) is 9.51. The number of hydrogen-bond donors (Lipinski definition) is 1. The number of carbonyl (C=O) groups excluding carboxylic acids is 1. The molecule has 1 heterocycles. The molecule has 1 aliphatic heterocycles. The second-order valence-corrected chi connectivity index (χ2v) is 5.85. The van der Waals surface area contributed by atoms with E-state index in [1.54, 1.807) is 38.1 Å². The fraction of sp³-hybridized carbons (Fsp3) is 0.333. The lowest BCUT2D eigenvalue weighted by molar-refractivity contribution is -0.139. The van der Waals surface area contributed by atoms with Gasteiger partial charge in [0.15, 0.2) is 11.5 Å². The van der Waals surface area contributed by atoms with Gasteiger partial charge in [0.25, 0.3) is 0 Å². The number of ether oxygens (including phenoxy) is 4. The summed E-state index contributed by atoms with van der Waals surface area (Å²) in [4.78, 5) is 12.6. The zero-order valence-electron chi connectivity index (χ0n) is 16.3. The molecule has 0 fully saturated rings. The molecule has 1 unspecified atom stereocenters. The third kappa shape index (κ3) is 4.29. The molecule has 2 N–H and O–H groups in total. The van der Waals surface area contributed by atoms with Crippen molar-refractivity contribution in [3.63, 3.8) is 0 Å². The zero-order valence-corrected chi connectivity index (χ0v) is 16.3. The first kappa shape index (κ1) is 20.9. The number of nitriles is 1. The van der Waals surface area contributed by atoms with Crippen LogP contribution in [0.5, 0.6) is 11.5 Å². The summed E-state index contributed by atoms with van der Waals surface area (Å²) in [5.41, 5.74) is 6.92. The minimum atomic E-state index is -0.731. The number of nitrogens with zero attached hydrogens (tertiary/aromatic N) is 1.